The molecule has 0 saturated heterocycles. The second-order valence-electron chi connectivity index (χ2n) is 7.33. The predicted octanol–water partition coefficient (Wildman–Crippen LogP) is 4.29. The van der Waals surface area contributed by atoms with Gasteiger partial charge in [-0.3, -0.25) is 9.67 Å². The van der Waals surface area contributed by atoms with Gasteiger partial charge < -0.3 is 11.1 Å². The van der Waals surface area contributed by atoms with Gasteiger partial charge in [0.2, 0.25) is 0 Å². The molecule has 1 aromatic carbocycles. The highest BCUT2D eigenvalue weighted by Gasteiger charge is 2.22. The lowest BCUT2D eigenvalue weighted by atomic mass is 9.93. The van der Waals surface area contributed by atoms with E-state index in [-0.39, 0.29) is 0 Å². The number of anilines is 2. The molecule has 1 aliphatic rings. The molecule has 8 heteroatoms. The Morgan fingerprint density at radius 2 is 2.03 bits per heavy atom. The van der Waals surface area contributed by atoms with Gasteiger partial charge in [0.1, 0.15) is 17.1 Å². The fourth-order valence-corrected chi connectivity index (χ4v) is 3.78. The molecule has 146 valence electrons. The number of nitrogens with zero attached hydrogens (tertiary/aromatic N) is 5. The quantitative estimate of drug-likeness (QED) is 0.525. The number of halogens is 1. The molecule has 3 N–H and O–H groups in total. The molecule has 5 rings (SSSR count). The molecule has 0 bridgehead atoms. The highest BCUT2D eigenvalue weighted by atomic mass is 35.5. The summed E-state index contributed by atoms with van der Waals surface area (Å²) in [6.07, 6.45) is 7.06. The van der Waals surface area contributed by atoms with Gasteiger partial charge in [0, 0.05) is 36.4 Å². The van der Waals surface area contributed by atoms with E-state index in [0.29, 0.717) is 39.8 Å². The van der Waals surface area contributed by atoms with Gasteiger partial charge in [-0.2, -0.15) is 5.10 Å². The second-order valence-corrected chi connectivity index (χ2v) is 7.74. The average Bonchev–Trinajstić information content (AvgIpc) is 3.11. The molecule has 1 fully saturated rings. The summed E-state index contributed by atoms with van der Waals surface area (Å²) in [5.41, 5.74) is 9.88. The Balaban J connectivity index is 1.71. The van der Waals surface area contributed by atoms with Gasteiger partial charge in [0.05, 0.1) is 10.5 Å². The zero-order valence-electron chi connectivity index (χ0n) is 15.9. The minimum atomic E-state index is 0.370. The third kappa shape index (κ3) is 3.27. The molecule has 1 saturated carbocycles. The number of aromatic nitrogens is 5. The average molecular weight is 406 g/mol. The summed E-state index contributed by atoms with van der Waals surface area (Å²) in [6, 6.07) is 10.1. The Kier molecular flexibility index (Phi) is 4.32. The maximum absolute atomic E-state index is 6.53. The summed E-state index contributed by atoms with van der Waals surface area (Å²) in [5.74, 6) is 0.974. The first kappa shape index (κ1) is 17.9. The van der Waals surface area contributed by atoms with Crippen molar-refractivity contribution in [2.45, 2.75) is 25.3 Å². The fraction of sp³-hybridized carbons (Fsp3) is 0.238. The van der Waals surface area contributed by atoms with Crippen molar-refractivity contribution in [1.29, 1.82) is 0 Å². The first-order valence-corrected chi connectivity index (χ1v) is 9.95. The van der Waals surface area contributed by atoms with Gasteiger partial charge in [-0.05, 0) is 43.5 Å². The number of pyridine rings is 1. The lowest BCUT2D eigenvalue weighted by molar-refractivity contribution is 0.444. The van der Waals surface area contributed by atoms with Crippen LogP contribution in [0.25, 0.3) is 33.5 Å². The Bertz CT molecular complexity index is 1210. The van der Waals surface area contributed by atoms with Gasteiger partial charge >= 0.3 is 0 Å². The van der Waals surface area contributed by atoms with E-state index in [1.807, 2.05) is 43.6 Å². The van der Waals surface area contributed by atoms with E-state index >= 15 is 0 Å². The van der Waals surface area contributed by atoms with Crippen LogP contribution < -0.4 is 11.1 Å². The monoisotopic (exact) mass is 405 g/mol. The van der Waals surface area contributed by atoms with Crippen LogP contribution in [0.1, 0.15) is 19.3 Å². The van der Waals surface area contributed by atoms with Crippen LogP contribution in [-0.2, 0) is 7.05 Å². The predicted molar refractivity (Wildman–Crippen MR) is 116 cm³/mol. The van der Waals surface area contributed by atoms with Crippen molar-refractivity contribution in [1.82, 2.24) is 24.7 Å². The van der Waals surface area contributed by atoms with Gasteiger partial charge in [0.15, 0.2) is 11.6 Å². The zero-order chi connectivity index (χ0) is 20.0. The van der Waals surface area contributed by atoms with Gasteiger partial charge in [-0.25, -0.2) is 9.97 Å². The molecule has 0 unspecified atom stereocenters. The number of nitrogens with two attached hydrogens (primary N) is 1. The van der Waals surface area contributed by atoms with Crippen molar-refractivity contribution < 1.29 is 0 Å². The molecule has 0 aliphatic heterocycles. The number of nitrogen functional groups attached to an aromatic ring is 1. The standard InChI is InChI=1S/C21H20ClN7/c1-29-9-7-16(28-29)19-18(27-21(20(23)26-19)25-14-5-2-6-14)13-10-12-4-3-8-24-17(12)15(22)11-13/h3-4,7-11,14H,2,5-6H2,1H3,(H2,23,26)(H,25,27). The van der Waals surface area contributed by atoms with Crippen molar-refractivity contribution in [3.05, 3.63) is 47.7 Å². The summed E-state index contributed by atoms with van der Waals surface area (Å²) in [7, 11) is 1.87. The highest BCUT2D eigenvalue weighted by Crippen LogP contribution is 2.36. The molecule has 0 amide bonds. The van der Waals surface area contributed by atoms with E-state index in [9.17, 15) is 0 Å². The van der Waals surface area contributed by atoms with Crippen LogP contribution in [0.5, 0.6) is 0 Å². The first-order chi connectivity index (χ1) is 14.1. The van der Waals surface area contributed by atoms with E-state index in [1.165, 1.54) is 6.42 Å². The van der Waals surface area contributed by atoms with E-state index < -0.39 is 0 Å². The van der Waals surface area contributed by atoms with Gasteiger partial charge in [-0.15, -0.1) is 0 Å². The van der Waals surface area contributed by atoms with Crippen LogP contribution in [-0.4, -0.2) is 30.8 Å². The first-order valence-electron chi connectivity index (χ1n) is 9.57. The van der Waals surface area contributed by atoms with E-state index in [1.54, 1.807) is 10.9 Å². The van der Waals surface area contributed by atoms with Crippen molar-refractivity contribution >= 4 is 34.1 Å². The van der Waals surface area contributed by atoms with E-state index in [2.05, 4.69) is 20.4 Å². The Morgan fingerprint density at radius 3 is 2.76 bits per heavy atom. The maximum Gasteiger partial charge on any atom is 0.169 e. The van der Waals surface area contributed by atoms with Gasteiger partial charge in [-0.1, -0.05) is 17.7 Å². The third-order valence-corrected chi connectivity index (χ3v) is 5.54. The summed E-state index contributed by atoms with van der Waals surface area (Å²) in [4.78, 5) is 13.9. The summed E-state index contributed by atoms with van der Waals surface area (Å²) in [6.45, 7) is 0. The highest BCUT2D eigenvalue weighted by molar-refractivity contribution is 6.35. The van der Waals surface area contributed by atoms with E-state index in [0.717, 1.165) is 29.3 Å². The molecular formula is C21H20ClN7. The SMILES string of the molecule is Cn1ccc(-c2nc(N)c(NC3CCC3)nc2-c2cc(Cl)c3ncccc3c2)n1. The van der Waals surface area contributed by atoms with Crippen molar-refractivity contribution in [3.63, 3.8) is 0 Å². The summed E-state index contributed by atoms with van der Waals surface area (Å²) in [5, 5.41) is 9.43. The molecule has 7 nitrogen and oxygen atoms in total. The Morgan fingerprint density at radius 1 is 1.17 bits per heavy atom. The molecule has 0 atom stereocenters. The number of hydrogen-bond donors (Lipinski definition) is 2. The Hall–Kier alpha value is -3.19. The van der Waals surface area contributed by atoms with Crippen LogP contribution in [0.2, 0.25) is 5.02 Å². The number of hydrogen-bond acceptors (Lipinski definition) is 6. The number of rotatable bonds is 4. The van der Waals surface area contributed by atoms with Crippen molar-refractivity contribution in [3.8, 4) is 22.6 Å². The topological polar surface area (TPSA) is 94.5 Å². The normalized spacial score (nSPS) is 14.1. The number of benzene rings is 1. The largest absolute Gasteiger partial charge is 0.381 e. The minimum absolute atomic E-state index is 0.370. The van der Waals surface area contributed by atoms with E-state index in [4.69, 9.17) is 22.3 Å². The van der Waals surface area contributed by atoms with Gasteiger partial charge in [0.25, 0.3) is 0 Å². The lowest BCUT2D eigenvalue weighted by Gasteiger charge is -2.27. The van der Waals surface area contributed by atoms with Crippen molar-refractivity contribution in [2.24, 2.45) is 7.05 Å². The Labute approximate surface area is 173 Å². The molecule has 29 heavy (non-hydrogen) atoms. The number of nitrogens with one attached hydrogen (secondary N) is 1. The lowest BCUT2D eigenvalue weighted by Crippen LogP contribution is -2.28. The summed E-state index contributed by atoms with van der Waals surface area (Å²) < 4.78 is 1.73. The molecule has 3 heterocycles. The molecule has 0 radical (unpaired) electrons. The summed E-state index contributed by atoms with van der Waals surface area (Å²) >= 11 is 6.53. The molecule has 1 aliphatic carbocycles. The number of aryl methyl sites for hydroxylation is 1. The van der Waals surface area contributed by atoms with Crippen LogP contribution in [0.15, 0.2) is 42.7 Å². The molecular weight excluding hydrogens is 386 g/mol. The van der Waals surface area contributed by atoms with Crippen LogP contribution in [0, 0.1) is 0 Å². The third-order valence-electron chi connectivity index (χ3n) is 5.26. The number of fused-ring (bicyclic) bond motifs is 1. The van der Waals surface area contributed by atoms with Crippen LogP contribution in [0.4, 0.5) is 11.6 Å². The van der Waals surface area contributed by atoms with Crippen LogP contribution in [0.3, 0.4) is 0 Å². The second kappa shape index (κ2) is 7.00. The van der Waals surface area contributed by atoms with Crippen molar-refractivity contribution in [2.75, 3.05) is 11.1 Å². The maximum atomic E-state index is 6.53. The fourth-order valence-electron chi connectivity index (χ4n) is 3.51. The minimum Gasteiger partial charge on any atom is -0.381 e. The molecule has 0 spiro atoms. The zero-order valence-corrected chi connectivity index (χ0v) is 16.7. The smallest absolute Gasteiger partial charge is 0.169 e. The molecule has 3 aromatic heterocycles. The molecule has 4 aromatic rings. The van der Waals surface area contributed by atoms with Crippen LogP contribution >= 0.6 is 11.6 Å².